The summed E-state index contributed by atoms with van der Waals surface area (Å²) in [6.45, 7) is 14.8. The van der Waals surface area contributed by atoms with Crippen LogP contribution in [0.4, 0.5) is 5.82 Å². The fourth-order valence-electron chi connectivity index (χ4n) is 3.28. The number of guanidine groups is 1. The number of aromatic nitrogens is 1. The van der Waals surface area contributed by atoms with Crippen LogP contribution in [-0.2, 0) is 16.0 Å². The second-order valence-electron chi connectivity index (χ2n) is 7.23. The number of anilines is 1. The highest BCUT2D eigenvalue weighted by molar-refractivity contribution is 14.0. The van der Waals surface area contributed by atoms with E-state index in [1.54, 1.807) is 0 Å². The number of nitrogens with one attached hydrogen (secondary N) is 2. The van der Waals surface area contributed by atoms with E-state index in [1.807, 2.05) is 19.2 Å². The number of rotatable bonds is 10. The van der Waals surface area contributed by atoms with Crippen molar-refractivity contribution < 1.29 is 9.47 Å². The molecule has 7 nitrogen and oxygen atoms in total. The average molecular weight is 519 g/mol. The molecule has 1 atom stereocenters. The number of halogens is 1. The summed E-state index contributed by atoms with van der Waals surface area (Å²) in [7, 11) is 0. The van der Waals surface area contributed by atoms with Crippen LogP contribution in [0.25, 0.3) is 0 Å². The lowest BCUT2D eigenvalue weighted by molar-refractivity contribution is 0.0258. The Morgan fingerprint density at radius 3 is 2.69 bits per heavy atom. The molecule has 0 aliphatic carbocycles. The summed E-state index contributed by atoms with van der Waals surface area (Å²) in [5.74, 6) is 2.35. The summed E-state index contributed by atoms with van der Waals surface area (Å²) in [4.78, 5) is 11.7. The van der Waals surface area contributed by atoms with Gasteiger partial charge in [0.15, 0.2) is 5.96 Å². The fourth-order valence-corrected chi connectivity index (χ4v) is 3.28. The molecule has 2 rings (SSSR count). The molecule has 8 heteroatoms. The highest BCUT2D eigenvalue weighted by Crippen LogP contribution is 2.19. The summed E-state index contributed by atoms with van der Waals surface area (Å²) in [5, 5.41) is 6.77. The van der Waals surface area contributed by atoms with E-state index in [1.165, 1.54) is 0 Å². The highest BCUT2D eigenvalue weighted by Gasteiger charge is 2.16. The minimum absolute atomic E-state index is 0. The van der Waals surface area contributed by atoms with E-state index in [0.717, 1.165) is 69.8 Å². The normalized spacial score (nSPS) is 15.8. The Labute approximate surface area is 193 Å². The third-order valence-corrected chi connectivity index (χ3v) is 4.78. The molecule has 0 bridgehead atoms. The van der Waals surface area contributed by atoms with Crippen LogP contribution in [0.1, 0.15) is 39.7 Å². The highest BCUT2D eigenvalue weighted by atomic mass is 127. The minimum Gasteiger partial charge on any atom is -0.378 e. The molecule has 1 aromatic rings. The van der Waals surface area contributed by atoms with Crippen molar-refractivity contribution >= 4 is 35.8 Å². The van der Waals surface area contributed by atoms with Gasteiger partial charge in [-0.2, -0.15) is 0 Å². The topological polar surface area (TPSA) is 71.0 Å². The number of ether oxygens (including phenoxy) is 2. The molecular weight excluding hydrogens is 481 g/mol. The molecule has 0 saturated carbocycles. The van der Waals surface area contributed by atoms with E-state index in [4.69, 9.17) is 14.5 Å². The molecule has 1 aliphatic rings. The van der Waals surface area contributed by atoms with Gasteiger partial charge in [-0.1, -0.05) is 19.9 Å². The standard InChI is InChI=1S/C21H37N5O2.HI/c1-5-22-21(24-11-9-19(17(3)4)28-6-2)25-16-18-8-7-10-23-20(18)26-12-14-27-15-13-26;/h7-8,10,17,19H,5-6,9,11-16H2,1-4H3,(H2,22,24,25);1H. The number of morpholine rings is 1. The molecule has 2 heterocycles. The molecule has 0 spiro atoms. The van der Waals surface area contributed by atoms with Crippen LogP contribution in [0.15, 0.2) is 23.3 Å². The molecule has 2 N–H and O–H groups in total. The number of nitrogens with zero attached hydrogens (tertiary/aromatic N) is 3. The first-order valence-corrected chi connectivity index (χ1v) is 10.6. The van der Waals surface area contributed by atoms with Gasteiger partial charge in [0.1, 0.15) is 5.82 Å². The minimum atomic E-state index is 0. The van der Waals surface area contributed by atoms with Crippen LogP contribution in [0, 0.1) is 5.92 Å². The van der Waals surface area contributed by atoms with E-state index in [9.17, 15) is 0 Å². The quantitative estimate of drug-likeness (QED) is 0.282. The first kappa shape index (κ1) is 25.9. The lowest BCUT2D eigenvalue weighted by Crippen LogP contribution is -2.39. The molecule has 1 unspecified atom stereocenters. The van der Waals surface area contributed by atoms with Crippen molar-refractivity contribution in [3.05, 3.63) is 23.9 Å². The first-order chi connectivity index (χ1) is 13.7. The van der Waals surface area contributed by atoms with E-state index >= 15 is 0 Å². The predicted octanol–water partition coefficient (Wildman–Crippen LogP) is 3.04. The van der Waals surface area contributed by atoms with Crippen LogP contribution < -0.4 is 15.5 Å². The van der Waals surface area contributed by atoms with Crippen molar-refractivity contribution in [1.82, 2.24) is 15.6 Å². The van der Waals surface area contributed by atoms with Crippen LogP contribution in [0.2, 0.25) is 0 Å². The molecule has 0 amide bonds. The Hall–Kier alpha value is -1.13. The van der Waals surface area contributed by atoms with Crippen LogP contribution in [0.3, 0.4) is 0 Å². The number of pyridine rings is 1. The number of hydrogen-bond acceptors (Lipinski definition) is 5. The van der Waals surface area contributed by atoms with Gasteiger partial charge in [-0.05, 0) is 32.3 Å². The van der Waals surface area contributed by atoms with E-state index in [0.29, 0.717) is 12.5 Å². The summed E-state index contributed by atoms with van der Waals surface area (Å²) >= 11 is 0. The van der Waals surface area contributed by atoms with Crippen LogP contribution in [-0.4, -0.2) is 63.0 Å². The van der Waals surface area contributed by atoms with E-state index in [-0.39, 0.29) is 30.1 Å². The maximum atomic E-state index is 5.83. The summed E-state index contributed by atoms with van der Waals surface area (Å²) in [6, 6.07) is 4.08. The molecule has 0 aromatic carbocycles. The van der Waals surface area contributed by atoms with Gasteiger partial charge in [-0.3, -0.25) is 0 Å². The molecule has 1 fully saturated rings. The lowest BCUT2D eigenvalue weighted by atomic mass is 10.0. The average Bonchev–Trinajstić information content (AvgIpc) is 2.72. The van der Waals surface area contributed by atoms with Gasteiger partial charge in [-0.15, -0.1) is 24.0 Å². The molecule has 1 aliphatic heterocycles. The molecule has 1 saturated heterocycles. The monoisotopic (exact) mass is 519 g/mol. The molecule has 0 radical (unpaired) electrons. The number of hydrogen-bond donors (Lipinski definition) is 2. The molecule has 29 heavy (non-hydrogen) atoms. The predicted molar refractivity (Wildman–Crippen MR) is 130 cm³/mol. The molecule has 166 valence electrons. The lowest BCUT2D eigenvalue weighted by Gasteiger charge is -2.29. The molecule has 1 aromatic heterocycles. The summed E-state index contributed by atoms with van der Waals surface area (Å²) < 4.78 is 11.3. The van der Waals surface area contributed by atoms with Crippen molar-refractivity contribution in [2.75, 3.05) is 50.9 Å². The zero-order valence-corrected chi connectivity index (χ0v) is 20.6. The molecular formula is C21H38IN5O2. The maximum Gasteiger partial charge on any atom is 0.191 e. The van der Waals surface area contributed by atoms with Gasteiger partial charge in [0, 0.05) is 44.5 Å². The third-order valence-electron chi connectivity index (χ3n) is 4.78. The van der Waals surface area contributed by atoms with Crippen molar-refractivity contribution in [2.45, 2.75) is 46.8 Å². The van der Waals surface area contributed by atoms with Gasteiger partial charge >= 0.3 is 0 Å². The third kappa shape index (κ3) is 9.04. The second-order valence-corrected chi connectivity index (χ2v) is 7.23. The van der Waals surface area contributed by atoms with Gasteiger partial charge in [0.25, 0.3) is 0 Å². The van der Waals surface area contributed by atoms with Crippen LogP contribution in [0.5, 0.6) is 0 Å². The fraction of sp³-hybridized carbons (Fsp3) is 0.714. The Balaban J connectivity index is 0.00000420. The van der Waals surface area contributed by atoms with E-state index in [2.05, 4.69) is 47.4 Å². The van der Waals surface area contributed by atoms with Gasteiger partial charge in [-0.25, -0.2) is 9.98 Å². The van der Waals surface area contributed by atoms with E-state index < -0.39 is 0 Å². The number of aliphatic imine (C=N–C) groups is 1. The van der Waals surface area contributed by atoms with Crippen molar-refractivity contribution in [2.24, 2.45) is 10.9 Å². The van der Waals surface area contributed by atoms with Crippen molar-refractivity contribution in [3.63, 3.8) is 0 Å². The van der Waals surface area contributed by atoms with Gasteiger partial charge < -0.3 is 25.0 Å². The summed E-state index contributed by atoms with van der Waals surface area (Å²) in [5.41, 5.74) is 1.14. The van der Waals surface area contributed by atoms with Crippen LogP contribution >= 0.6 is 24.0 Å². The Morgan fingerprint density at radius 1 is 1.28 bits per heavy atom. The first-order valence-electron chi connectivity index (χ1n) is 10.6. The zero-order valence-electron chi connectivity index (χ0n) is 18.3. The zero-order chi connectivity index (χ0) is 20.2. The second kappa shape index (κ2) is 14.8. The van der Waals surface area contributed by atoms with Crippen molar-refractivity contribution in [1.29, 1.82) is 0 Å². The summed E-state index contributed by atoms with van der Waals surface area (Å²) in [6.07, 6.45) is 3.08. The Kier molecular flexibility index (Phi) is 13.2. The SMILES string of the molecule is CCNC(=NCc1cccnc1N1CCOCC1)NCCC(OCC)C(C)C.I. The Bertz CT molecular complexity index is 594. The van der Waals surface area contributed by atoms with Gasteiger partial charge in [0.05, 0.1) is 25.9 Å². The maximum absolute atomic E-state index is 5.83. The van der Waals surface area contributed by atoms with Gasteiger partial charge in [0.2, 0.25) is 0 Å². The smallest absolute Gasteiger partial charge is 0.191 e. The Morgan fingerprint density at radius 2 is 2.03 bits per heavy atom. The van der Waals surface area contributed by atoms with Crippen molar-refractivity contribution in [3.8, 4) is 0 Å². The largest absolute Gasteiger partial charge is 0.378 e.